The minimum absolute atomic E-state index is 0.226. The first kappa shape index (κ1) is 15.8. The van der Waals surface area contributed by atoms with Gasteiger partial charge >= 0.3 is 0 Å². The minimum Gasteiger partial charge on any atom is -0.356 e. The molecule has 2 atom stereocenters. The number of nitrogens with two attached hydrogens (primary N) is 1. The van der Waals surface area contributed by atoms with Crippen LogP contribution in [0.15, 0.2) is 0 Å². The first-order chi connectivity index (χ1) is 9.66. The van der Waals surface area contributed by atoms with Gasteiger partial charge in [0, 0.05) is 13.1 Å². The van der Waals surface area contributed by atoms with Crippen LogP contribution in [0.1, 0.15) is 71.1 Å². The number of rotatable bonds is 5. The van der Waals surface area contributed by atoms with Crippen LogP contribution in [0, 0.1) is 17.3 Å². The molecular formula is C17H32N2O. The van der Waals surface area contributed by atoms with E-state index in [1.807, 2.05) is 0 Å². The molecule has 0 aromatic carbocycles. The maximum Gasteiger partial charge on any atom is 0.227 e. The lowest BCUT2D eigenvalue weighted by atomic mass is 9.73. The van der Waals surface area contributed by atoms with Gasteiger partial charge in [-0.3, -0.25) is 4.79 Å². The molecule has 3 N–H and O–H groups in total. The zero-order valence-electron chi connectivity index (χ0n) is 13.1. The van der Waals surface area contributed by atoms with Gasteiger partial charge in [0.2, 0.25) is 5.91 Å². The molecule has 2 rings (SSSR count). The van der Waals surface area contributed by atoms with Crippen LogP contribution in [0.2, 0.25) is 0 Å². The van der Waals surface area contributed by atoms with E-state index in [0.717, 1.165) is 50.5 Å². The van der Waals surface area contributed by atoms with Gasteiger partial charge in [-0.05, 0) is 37.5 Å². The zero-order chi connectivity index (χ0) is 14.4. The minimum atomic E-state index is -0.252. The lowest BCUT2D eigenvalue weighted by Gasteiger charge is -2.35. The predicted molar refractivity (Wildman–Crippen MR) is 83.3 cm³/mol. The molecule has 2 fully saturated rings. The smallest absolute Gasteiger partial charge is 0.227 e. The number of carbonyl (C=O) groups excluding carboxylic acids is 1. The number of carbonyl (C=O) groups is 1. The average Bonchev–Trinajstić information content (AvgIpc) is 2.48. The summed E-state index contributed by atoms with van der Waals surface area (Å²) in [6.45, 7) is 3.72. The Morgan fingerprint density at radius 2 is 1.95 bits per heavy atom. The number of amides is 1. The van der Waals surface area contributed by atoms with Crippen molar-refractivity contribution in [3.8, 4) is 0 Å². The van der Waals surface area contributed by atoms with Crippen LogP contribution < -0.4 is 11.1 Å². The van der Waals surface area contributed by atoms with Crippen LogP contribution in [0.5, 0.6) is 0 Å². The highest BCUT2D eigenvalue weighted by Gasteiger charge is 2.37. The lowest BCUT2D eigenvalue weighted by molar-refractivity contribution is -0.132. The Morgan fingerprint density at radius 1 is 1.20 bits per heavy atom. The molecule has 0 aromatic rings. The molecule has 3 heteroatoms. The molecule has 0 radical (unpaired) electrons. The zero-order valence-corrected chi connectivity index (χ0v) is 13.1. The average molecular weight is 280 g/mol. The Bertz CT molecular complexity index is 310. The molecule has 20 heavy (non-hydrogen) atoms. The van der Waals surface area contributed by atoms with Gasteiger partial charge in [0.25, 0.3) is 0 Å². The van der Waals surface area contributed by atoms with Gasteiger partial charge in [-0.2, -0.15) is 0 Å². The summed E-state index contributed by atoms with van der Waals surface area (Å²) in [6.07, 6.45) is 12.1. The quantitative estimate of drug-likeness (QED) is 0.812. The van der Waals surface area contributed by atoms with Crippen molar-refractivity contribution in [2.24, 2.45) is 23.0 Å². The topological polar surface area (TPSA) is 55.1 Å². The van der Waals surface area contributed by atoms with Crippen molar-refractivity contribution in [2.75, 3.05) is 13.1 Å². The second-order valence-corrected chi connectivity index (χ2v) is 7.23. The van der Waals surface area contributed by atoms with E-state index in [2.05, 4.69) is 12.2 Å². The fourth-order valence-electron chi connectivity index (χ4n) is 4.15. The maximum absolute atomic E-state index is 12.5. The third kappa shape index (κ3) is 3.97. The van der Waals surface area contributed by atoms with E-state index in [4.69, 9.17) is 5.73 Å². The van der Waals surface area contributed by atoms with Gasteiger partial charge in [0.15, 0.2) is 0 Å². The molecule has 116 valence electrons. The third-order valence-corrected chi connectivity index (χ3v) is 5.57. The highest BCUT2D eigenvalue weighted by molar-refractivity contribution is 5.82. The molecule has 0 bridgehead atoms. The molecule has 2 aliphatic rings. The molecule has 0 spiro atoms. The molecule has 1 amide bonds. The summed E-state index contributed by atoms with van der Waals surface area (Å²) in [7, 11) is 0. The Kier molecular flexibility index (Phi) is 5.88. The van der Waals surface area contributed by atoms with Gasteiger partial charge in [0.1, 0.15) is 0 Å². The molecule has 2 saturated carbocycles. The number of hydrogen-bond acceptors (Lipinski definition) is 2. The van der Waals surface area contributed by atoms with E-state index in [-0.39, 0.29) is 11.3 Å². The molecule has 0 heterocycles. The Balaban J connectivity index is 1.73. The normalized spacial score (nSPS) is 29.9. The summed E-state index contributed by atoms with van der Waals surface area (Å²) in [5.74, 6) is 1.92. The summed E-state index contributed by atoms with van der Waals surface area (Å²) in [5, 5.41) is 3.19. The first-order valence-electron chi connectivity index (χ1n) is 8.65. The van der Waals surface area contributed by atoms with Crippen molar-refractivity contribution in [3.63, 3.8) is 0 Å². The molecule has 2 unspecified atom stereocenters. The third-order valence-electron chi connectivity index (χ3n) is 5.57. The summed E-state index contributed by atoms with van der Waals surface area (Å²) < 4.78 is 0. The van der Waals surface area contributed by atoms with Gasteiger partial charge in [-0.1, -0.05) is 45.4 Å². The van der Waals surface area contributed by atoms with E-state index in [1.165, 1.54) is 32.1 Å². The second kappa shape index (κ2) is 7.44. The summed E-state index contributed by atoms with van der Waals surface area (Å²) in [6, 6.07) is 0. The first-order valence-corrected chi connectivity index (χ1v) is 8.65. The SMILES string of the molecule is CC1CCCC(CCNC(=O)C2(CN)CCCCC2)C1. The standard InChI is InChI=1S/C17H32N2O/c1-14-6-5-7-15(12-14)8-11-19-16(20)17(13-18)9-3-2-4-10-17/h14-15H,2-13,18H2,1H3,(H,19,20). The Morgan fingerprint density at radius 3 is 2.60 bits per heavy atom. The largest absolute Gasteiger partial charge is 0.356 e. The van der Waals surface area contributed by atoms with Crippen molar-refractivity contribution >= 4 is 5.91 Å². The van der Waals surface area contributed by atoms with E-state index in [0.29, 0.717) is 6.54 Å². The van der Waals surface area contributed by atoms with E-state index in [9.17, 15) is 4.79 Å². The molecule has 2 aliphatic carbocycles. The lowest BCUT2D eigenvalue weighted by Crippen LogP contribution is -2.47. The molecular weight excluding hydrogens is 248 g/mol. The maximum atomic E-state index is 12.5. The van der Waals surface area contributed by atoms with Crippen molar-refractivity contribution in [3.05, 3.63) is 0 Å². The number of hydrogen-bond donors (Lipinski definition) is 2. The summed E-state index contributed by atoms with van der Waals surface area (Å²) in [5.41, 5.74) is 5.66. The fraction of sp³-hybridized carbons (Fsp3) is 0.941. The van der Waals surface area contributed by atoms with Crippen LogP contribution in [0.4, 0.5) is 0 Å². The van der Waals surface area contributed by atoms with Crippen LogP contribution >= 0.6 is 0 Å². The van der Waals surface area contributed by atoms with Crippen LogP contribution in [-0.2, 0) is 4.79 Å². The van der Waals surface area contributed by atoms with Gasteiger partial charge < -0.3 is 11.1 Å². The van der Waals surface area contributed by atoms with Crippen LogP contribution in [0.25, 0.3) is 0 Å². The van der Waals surface area contributed by atoms with Gasteiger partial charge in [-0.15, -0.1) is 0 Å². The van der Waals surface area contributed by atoms with E-state index in [1.54, 1.807) is 0 Å². The highest BCUT2D eigenvalue weighted by Crippen LogP contribution is 2.35. The van der Waals surface area contributed by atoms with E-state index < -0.39 is 0 Å². The van der Waals surface area contributed by atoms with Crippen molar-refractivity contribution in [2.45, 2.75) is 71.1 Å². The van der Waals surface area contributed by atoms with Crippen molar-refractivity contribution in [1.82, 2.24) is 5.32 Å². The molecule has 0 aromatic heterocycles. The predicted octanol–water partition coefficient (Wildman–Crippen LogP) is 3.23. The monoisotopic (exact) mass is 280 g/mol. The summed E-state index contributed by atoms with van der Waals surface area (Å²) in [4.78, 5) is 12.5. The van der Waals surface area contributed by atoms with Crippen molar-refractivity contribution < 1.29 is 4.79 Å². The Hall–Kier alpha value is -0.570. The molecule has 3 nitrogen and oxygen atoms in total. The van der Waals surface area contributed by atoms with Crippen molar-refractivity contribution in [1.29, 1.82) is 0 Å². The molecule has 0 aliphatic heterocycles. The summed E-state index contributed by atoms with van der Waals surface area (Å²) >= 11 is 0. The van der Waals surface area contributed by atoms with Gasteiger partial charge in [-0.25, -0.2) is 0 Å². The van der Waals surface area contributed by atoms with E-state index >= 15 is 0 Å². The van der Waals surface area contributed by atoms with Crippen LogP contribution in [0.3, 0.4) is 0 Å². The highest BCUT2D eigenvalue weighted by atomic mass is 16.2. The molecule has 0 saturated heterocycles. The Labute approximate surface area is 124 Å². The fourth-order valence-corrected chi connectivity index (χ4v) is 4.15. The van der Waals surface area contributed by atoms with Gasteiger partial charge in [0.05, 0.1) is 5.41 Å². The second-order valence-electron chi connectivity index (χ2n) is 7.23. The van der Waals surface area contributed by atoms with Crippen LogP contribution in [-0.4, -0.2) is 19.0 Å². The number of nitrogens with one attached hydrogen (secondary N) is 1.